The SMILES string of the molecule is COc1cc(NC(=O)C2CC2C(=O)NCc2ccco2)c(OC)cc1Cl. The molecule has 1 aromatic carbocycles. The summed E-state index contributed by atoms with van der Waals surface area (Å²) < 4.78 is 15.6. The van der Waals surface area contributed by atoms with Crippen molar-refractivity contribution in [2.24, 2.45) is 11.8 Å². The largest absolute Gasteiger partial charge is 0.495 e. The Morgan fingerprint density at radius 3 is 2.58 bits per heavy atom. The molecule has 0 radical (unpaired) electrons. The van der Waals surface area contributed by atoms with Crippen LogP contribution in [-0.2, 0) is 16.1 Å². The fourth-order valence-electron chi connectivity index (χ4n) is 2.68. The molecular weight excluding hydrogens is 360 g/mol. The normalized spacial score (nSPS) is 18.1. The molecule has 3 rings (SSSR count). The van der Waals surface area contributed by atoms with Gasteiger partial charge in [-0.15, -0.1) is 0 Å². The van der Waals surface area contributed by atoms with Crippen LogP contribution in [0.15, 0.2) is 34.9 Å². The summed E-state index contributed by atoms with van der Waals surface area (Å²) in [5.41, 5.74) is 0.445. The zero-order chi connectivity index (χ0) is 18.7. The van der Waals surface area contributed by atoms with Gasteiger partial charge in [-0.25, -0.2) is 0 Å². The molecule has 1 fully saturated rings. The van der Waals surface area contributed by atoms with E-state index >= 15 is 0 Å². The van der Waals surface area contributed by atoms with Crippen molar-refractivity contribution in [3.63, 3.8) is 0 Å². The highest BCUT2D eigenvalue weighted by Crippen LogP contribution is 2.41. The Morgan fingerprint density at radius 1 is 1.19 bits per heavy atom. The van der Waals surface area contributed by atoms with Crippen LogP contribution in [0.2, 0.25) is 5.02 Å². The monoisotopic (exact) mass is 378 g/mol. The van der Waals surface area contributed by atoms with Gasteiger partial charge >= 0.3 is 0 Å². The number of hydrogen-bond acceptors (Lipinski definition) is 5. The van der Waals surface area contributed by atoms with Crippen molar-refractivity contribution >= 4 is 29.1 Å². The van der Waals surface area contributed by atoms with Crippen molar-refractivity contribution in [3.05, 3.63) is 41.3 Å². The van der Waals surface area contributed by atoms with Crippen LogP contribution < -0.4 is 20.1 Å². The highest BCUT2D eigenvalue weighted by Gasteiger charge is 2.48. The first-order valence-electron chi connectivity index (χ1n) is 8.06. The summed E-state index contributed by atoms with van der Waals surface area (Å²) in [4.78, 5) is 24.6. The maximum Gasteiger partial charge on any atom is 0.228 e. The van der Waals surface area contributed by atoms with Gasteiger partial charge in [-0.3, -0.25) is 9.59 Å². The van der Waals surface area contributed by atoms with E-state index in [1.54, 1.807) is 30.5 Å². The van der Waals surface area contributed by atoms with E-state index in [-0.39, 0.29) is 23.7 Å². The molecule has 8 heteroatoms. The maximum atomic E-state index is 12.4. The molecule has 2 unspecified atom stereocenters. The van der Waals surface area contributed by atoms with Gasteiger partial charge in [-0.05, 0) is 18.6 Å². The zero-order valence-corrected chi connectivity index (χ0v) is 15.1. The summed E-state index contributed by atoms with van der Waals surface area (Å²) in [7, 11) is 2.97. The van der Waals surface area contributed by atoms with Crippen molar-refractivity contribution < 1.29 is 23.5 Å². The Labute approximate surface area is 155 Å². The Morgan fingerprint density at radius 2 is 1.92 bits per heavy atom. The van der Waals surface area contributed by atoms with Crippen LogP contribution in [0.25, 0.3) is 0 Å². The number of benzene rings is 1. The molecule has 2 aromatic rings. The van der Waals surface area contributed by atoms with E-state index < -0.39 is 0 Å². The molecule has 138 valence electrons. The quantitative estimate of drug-likeness (QED) is 0.773. The second kappa shape index (κ2) is 7.70. The molecular formula is C18H19ClN2O5. The van der Waals surface area contributed by atoms with Gasteiger partial charge in [0, 0.05) is 12.1 Å². The molecule has 0 spiro atoms. The van der Waals surface area contributed by atoms with E-state index in [0.717, 1.165) is 0 Å². The Bertz CT molecular complexity index is 806. The average molecular weight is 379 g/mol. The third-order valence-electron chi connectivity index (χ3n) is 4.21. The molecule has 1 aliphatic carbocycles. The Kier molecular flexibility index (Phi) is 5.37. The summed E-state index contributed by atoms with van der Waals surface area (Å²) >= 11 is 6.06. The van der Waals surface area contributed by atoms with E-state index in [4.69, 9.17) is 25.5 Å². The van der Waals surface area contributed by atoms with Crippen LogP contribution in [0, 0.1) is 11.8 Å². The van der Waals surface area contributed by atoms with Gasteiger partial charge in [0.15, 0.2) is 0 Å². The predicted octanol–water partition coefficient (Wildman–Crippen LogP) is 2.84. The minimum Gasteiger partial charge on any atom is -0.495 e. The molecule has 1 aliphatic rings. The second-order valence-corrected chi connectivity index (χ2v) is 6.33. The van der Waals surface area contributed by atoms with E-state index in [2.05, 4.69) is 10.6 Å². The summed E-state index contributed by atoms with van der Waals surface area (Å²) in [6.45, 7) is 0.304. The van der Waals surface area contributed by atoms with Gasteiger partial charge in [-0.2, -0.15) is 0 Å². The summed E-state index contributed by atoms with van der Waals surface area (Å²) in [6, 6.07) is 6.68. The number of rotatable bonds is 7. The molecule has 2 amide bonds. The fourth-order valence-corrected chi connectivity index (χ4v) is 2.91. The van der Waals surface area contributed by atoms with Crippen LogP contribution in [0.4, 0.5) is 5.69 Å². The maximum absolute atomic E-state index is 12.4. The van der Waals surface area contributed by atoms with Crippen LogP contribution in [0.1, 0.15) is 12.2 Å². The number of nitrogens with one attached hydrogen (secondary N) is 2. The standard InChI is InChI=1S/C18H19ClN2O5/c1-24-15-8-14(16(25-2)7-13(15)19)21-18(23)12-6-11(12)17(22)20-9-10-4-3-5-26-10/h3-5,7-8,11-12H,6,9H2,1-2H3,(H,20,22)(H,21,23). The van der Waals surface area contributed by atoms with Crippen LogP contribution in [-0.4, -0.2) is 26.0 Å². The minimum atomic E-state index is -0.377. The predicted molar refractivity (Wildman–Crippen MR) is 95.3 cm³/mol. The van der Waals surface area contributed by atoms with E-state index in [0.29, 0.717) is 40.9 Å². The van der Waals surface area contributed by atoms with E-state index in [1.807, 2.05) is 0 Å². The summed E-state index contributed by atoms with van der Waals surface area (Å²) in [6.07, 6.45) is 2.05. The first-order valence-corrected chi connectivity index (χ1v) is 8.43. The van der Waals surface area contributed by atoms with Gasteiger partial charge in [-0.1, -0.05) is 11.6 Å². The van der Waals surface area contributed by atoms with Crippen molar-refractivity contribution in [1.82, 2.24) is 5.32 Å². The van der Waals surface area contributed by atoms with Crippen molar-refractivity contribution in [3.8, 4) is 11.5 Å². The Balaban J connectivity index is 1.58. The van der Waals surface area contributed by atoms with Crippen LogP contribution >= 0.6 is 11.6 Å². The first kappa shape index (κ1) is 18.1. The summed E-state index contributed by atoms with van der Waals surface area (Å²) in [5.74, 6) is 0.379. The molecule has 0 saturated heterocycles. The van der Waals surface area contributed by atoms with Crippen molar-refractivity contribution in [2.45, 2.75) is 13.0 Å². The second-order valence-electron chi connectivity index (χ2n) is 5.92. The molecule has 1 aromatic heterocycles. The number of halogens is 1. The number of amides is 2. The highest BCUT2D eigenvalue weighted by atomic mass is 35.5. The van der Waals surface area contributed by atoms with E-state index in [1.165, 1.54) is 14.2 Å². The Hall–Kier alpha value is -2.67. The topological polar surface area (TPSA) is 89.8 Å². The summed E-state index contributed by atoms with van der Waals surface area (Å²) in [5, 5.41) is 5.93. The smallest absolute Gasteiger partial charge is 0.228 e. The van der Waals surface area contributed by atoms with Gasteiger partial charge in [0.1, 0.15) is 17.3 Å². The number of methoxy groups -OCH3 is 2. The first-order chi connectivity index (χ1) is 12.5. The minimum absolute atomic E-state index is 0.165. The molecule has 0 aliphatic heterocycles. The molecule has 1 saturated carbocycles. The zero-order valence-electron chi connectivity index (χ0n) is 14.4. The van der Waals surface area contributed by atoms with E-state index in [9.17, 15) is 9.59 Å². The van der Waals surface area contributed by atoms with Crippen molar-refractivity contribution in [2.75, 3.05) is 19.5 Å². The molecule has 26 heavy (non-hydrogen) atoms. The molecule has 2 atom stereocenters. The number of ether oxygens (including phenoxy) is 2. The lowest BCUT2D eigenvalue weighted by molar-refractivity contribution is -0.125. The number of carbonyl (C=O) groups is 2. The lowest BCUT2D eigenvalue weighted by Gasteiger charge is -2.13. The van der Waals surface area contributed by atoms with Crippen LogP contribution in [0.3, 0.4) is 0 Å². The number of carbonyl (C=O) groups excluding carboxylic acids is 2. The van der Waals surface area contributed by atoms with Crippen LogP contribution in [0.5, 0.6) is 11.5 Å². The third-order valence-corrected chi connectivity index (χ3v) is 4.51. The van der Waals surface area contributed by atoms with Gasteiger partial charge in [0.05, 0.1) is 49.6 Å². The lowest BCUT2D eigenvalue weighted by atomic mass is 10.2. The number of furan rings is 1. The molecule has 0 bridgehead atoms. The van der Waals surface area contributed by atoms with Gasteiger partial charge in [0.2, 0.25) is 11.8 Å². The van der Waals surface area contributed by atoms with Gasteiger partial charge < -0.3 is 24.5 Å². The molecule has 1 heterocycles. The van der Waals surface area contributed by atoms with Crippen molar-refractivity contribution in [1.29, 1.82) is 0 Å². The lowest BCUT2D eigenvalue weighted by Crippen LogP contribution is -2.27. The number of hydrogen-bond donors (Lipinski definition) is 2. The highest BCUT2D eigenvalue weighted by molar-refractivity contribution is 6.32. The fraction of sp³-hybridized carbons (Fsp3) is 0.333. The third kappa shape index (κ3) is 3.94. The number of anilines is 1. The molecule has 2 N–H and O–H groups in total. The van der Waals surface area contributed by atoms with Gasteiger partial charge in [0.25, 0.3) is 0 Å². The average Bonchev–Trinajstić information content (AvgIpc) is 3.28. The molecule has 7 nitrogen and oxygen atoms in total.